The first-order valence-electron chi connectivity index (χ1n) is 9.77. The highest BCUT2D eigenvalue weighted by atomic mass is 35.5. The molecule has 0 unspecified atom stereocenters. The van der Waals surface area contributed by atoms with E-state index in [0.29, 0.717) is 27.9 Å². The molecular formula is C24H20ClN3O4. The van der Waals surface area contributed by atoms with Crippen molar-refractivity contribution in [3.8, 4) is 11.5 Å². The molecule has 0 fully saturated rings. The average molecular weight is 450 g/mol. The van der Waals surface area contributed by atoms with Gasteiger partial charge in [-0.2, -0.15) is 0 Å². The molecule has 0 bridgehead atoms. The van der Waals surface area contributed by atoms with E-state index in [0.717, 1.165) is 11.1 Å². The van der Waals surface area contributed by atoms with Gasteiger partial charge in [-0.1, -0.05) is 41.9 Å². The van der Waals surface area contributed by atoms with Crippen LogP contribution in [0.25, 0.3) is 0 Å². The standard InChI is InChI=1S/C24H20ClN3O4/c1-31-16-11-12-20(32-2)18(13-16)23(29)28-22-24(30)26-19-6-4-3-5-17(19)21(27-22)14-7-9-15(25)10-8-14/h3-13,22H,1-2H3,(H,26,30)(H,28,29)/t22-/m0/s1. The molecule has 0 spiro atoms. The van der Waals surface area contributed by atoms with E-state index < -0.39 is 18.0 Å². The first-order valence-corrected chi connectivity index (χ1v) is 10.1. The summed E-state index contributed by atoms with van der Waals surface area (Å²) in [7, 11) is 2.96. The van der Waals surface area contributed by atoms with E-state index in [1.807, 2.05) is 30.3 Å². The van der Waals surface area contributed by atoms with Gasteiger partial charge in [0.05, 0.1) is 31.2 Å². The van der Waals surface area contributed by atoms with Gasteiger partial charge in [0.2, 0.25) is 6.17 Å². The third kappa shape index (κ3) is 4.29. The van der Waals surface area contributed by atoms with Crippen LogP contribution in [0.3, 0.4) is 0 Å². The van der Waals surface area contributed by atoms with E-state index in [-0.39, 0.29) is 5.56 Å². The van der Waals surface area contributed by atoms with Crippen LogP contribution in [-0.2, 0) is 4.79 Å². The van der Waals surface area contributed by atoms with Crippen molar-refractivity contribution in [2.45, 2.75) is 6.17 Å². The Kier molecular flexibility index (Phi) is 6.09. The smallest absolute Gasteiger partial charge is 0.269 e. The Morgan fingerprint density at radius 1 is 1.03 bits per heavy atom. The molecule has 3 aromatic rings. The highest BCUT2D eigenvalue weighted by Gasteiger charge is 2.28. The lowest BCUT2D eigenvalue weighted by atomic mass is 10.0. The molecule has 1 aliphatic heterocycles. The number of benzodiazepines with no additional fused rings is 1. The average Bonchev–Trinajstić information content (AvgIpc) is 2.95. The lowest BCUT2D eigenvalue weighted by molar-refractivity contribution is -0.117. The number of amides is 2. The molecule has 32 heavy (non-hydrogen) atoms. The summed E-state index contributed by atoms with van der Waals surface area (Å²) >= 11 is 6.04. The number of hydrogen-bond acceptors (Lipinski definition) is 5. The van der Waals surface area contributed by atoms with Crippen LogP contribution >= 0.6 is 11.6 Å². The summed E-state index contributed by atoms with van der Waals surface area (Å²) in [6.07, 6.45) is -1.17. The van der Waals surface area contributed by atoms with Crippen molar-refractivity contribution < 1.29 is 19.1 Å². The van der Waals surface area contributed by atoms with Gasteiger partial charge in [0.15, 0.2) is 0 Å². The number of carbonyl (C=O) groups excluding carboxylic acids is 2. The minimum Gasteiger partial charge on any atom is -0.497 e. The minimum absolute atomic E-state index is 0.227. The summed E-state index contributed by atoms with van der Waals surface area (Å²) in [6, 6.07) is 19.3. The van der Waals surface area contributed by atoms with Crippen LogP contribution < -0.4 is 20.1 Å². The quantitative estimate of drug-likeness (QED) is 0.618. The highest BCUT2D eigenvalue weighted by molar-refractivity contribution is 6.30. The second kappa shape index (κ2) is 9.11. The van der Waals surface area contributed by atoms with Crippen LogP contribution in [0.4, 0.5) is 5.69 Å². The van der Waals surface area contributed by atoms with E-state index >= 15 is 0 Å². The fourth-order valence-electron chi connectivity index (χ4n) is 3.39. The van der Waals surface area contributed by atoms with Crippen molar-refractivity contribution in [1.29, 1.82) is 0 Å². The van der Waals surface area contributed by atoms with E-state index in [1.165, 1.54) is 14.2 Å². The molecule has 0 radical (unpaired) electrons. The van der Waals surface area contributed by atoms with Gasteiger partial charge in [0.1, 0.15) is 11.5 Å². The number of anilines is 1. The zero-order valence-electron chi connectivity index (χ0n) is 17.4. The molecule has 1 atom stereocenters. The van der Waals surface area contributed by atoms with Crippen LogP contribution in [-0.4, -0.2) is 37.9 Å². The van der Waals surface area contributed by atoms with Crippen molar-refractivity contribution in [3.63, 3.8) is 0 Å². The number of nitrogens with one attached hydrogen (secondary N) is 2. The number of rotatable bonds is 5. The summed E-state index contributed by atoms with van der Waals surface area (Å²) in [5.74, 6) is -0.149. The zero-order valence-corrected chi connectivity index (χ0v) is 18.1. The highest BCUT2D eigenvalue weighted by Crippen LogP contribution is 2.26. The lowest BCUT2D eigenvalue weighted by Crippen LogP contribution is -2.42. The molecule has 0 aromatic heterocycles. The number of para-hydroxylation sites is 1. The summed E-state index contributed by atoms with van der Waals surface area (Å²) in [4.78, 5) is 30.6. The fourth-order valence-corrected chi connectivity index (χ4v) is 3.51. The molecule has 0 saturated heterocycles. The Morgan fingerprint density at radius 2 is 1.78 bits per heavy atom. The van der Waals surface area contributed by atoms with Gasteiger partial charge >= 0.3 is 0 Å². The van der Waals surface area contributed by atoms with Crippen LogP contribution in [0.15, 0.2) is 71.7 Å². The predicted octanol–water partition coefficient (Wildman–Crippen LogP) is 3.90. The number of halogens is 1. The third-order valence-electron chi connectivity index (χ3n) is 4.98. The van der Waals surface area contributed by atoms with Gasteiger partial charge in [0.25, 0.3) is 11.8 Å². The second-order valence-corrected chi connectivity index (χ2v) is 7.40. The van der Waals surface area contributed by atoms with Crippen molar-refractivity contribution >= 4 is 34.8 Å². The van der Waals surface area contributed by atoms with Crippen LogP contribution in [0.2, 0.25) is 5.02 Å². The molecule has 162 valence electrons. The van der Waals surface area contributed by atoms with Crippen LogP contribution in [0.1, 0.15) is 21.5 Å². The molecule has 2 N–H and O–H groups in total. The SMILES string of the molecule is COc1ccc(OC)c(C(=O)N[C@@H]2N=C(c3ccc(Cl)cc3)c3ccccc3NC2=O)c1. The lowest BCUT2D eigenvalue weighted by Gasteiger charge is -2.15. The number of benzene rings is 3. The number of ether oxygens (including phenoxy) is 2. The van der Waals surface area contributed by atoms with E-state index in [9.17, 15) is 9.59 Å². The normalized spacial score (nSPS) is 15.0. The first kappa shape index (κ1) is 21.4. The Labute approximate surface area is 190 Å². The van der Waals surface area contributed by atoms with Crippen LogP contribution in [0, 0.1) is 0 Å². The number of carbonyl (C=O) groups is 2. The maximum Gasteiger partial charge on any atom is 0.269 e. The summed E-state index contributed by atoms with van der Waals surface area (Å²) < 4.78 is 10.5. The predicted molar refractivity (Wildman–Crippen MR) is 123 cm³/mol. The number of nitrogens with zero attached hydrogens (tertiary/aromatic N) is 1. The third-order valence-corrected chi connectivity index (χ3v) is 5.24. The maximum absolute atomic E-state index is 13.1. The Hall–Kier alpha value is -3.84. The van der Waals surface area contributed by atoms with Gasteiger partial charge in [-0.3, -0.25) is 9.59 Å². The monoisotopic (exact) mass is 449 g/mol. The van der Waals surface area contributed by atoms with E-state index in [2.05, 4.69) is 15.6 Å². The van der Waals surface area contributed by atoms with Gasteiger partial charge < -0.3 is 20.1 Å². The summed E-state index contributed by atoms with van der Waals surface area (Å²) in [5, 5.41) is 6.12. The Morgan fingerprint density at radius 3 is 2.50 bits per heavy atom. The molecule has 1 aliphatic rings. The zero-order chi connectivity index (χ0) is 22.7. The van der Waals surface area contributed by atoms with Crippen molar-refractivity contribution in [1.82, 2.24) is 5.32 Å². The summed E-state index contributed by atoms with van der Waals surface area (Å²) in [5.41, 5.74) is 2.88. The number of aliphatic imine (C=N–C) groups is 1. The van der Waals surface area contributed by atoms with Crippen molar-refractivity contribution in [2.75, 3.05) is 19.5 Å². The molecule has 0 aliphatic carbocycles. The molecule has 7 nitrogen and oxygen atoms in total. The van der Waals surface area contributed by atoms with Gasteiger partial charge in [-0.05, 0) is 36.4 Å². The largest absolute Gasteiger partial charge is 0.497 e. The van der Waals surface area contributed by atoms with E-state index in [1.54, 1.807) is 36.4 Å². The maximum atomic E-state index is 13.1. The summed E-state index contributed by atoms with van der Waals surface area (Å²) in [6.45, 7) is 0. The molecule has 1 heterocycles. The van der Waals surface area contributed by atoms with Gasteiger partial charge in [0, 0.05) is 16.1 Å². The number of fused-ring (bicyclic) bond motifs is 1. The Bertz CT molecular complexity index is 1210. The molecule has 2 amide bonds. The molecule has 4 rings (SSSR count). The van der Waals surface area contributed by atoms with Gasteiger partial charge in [-0.15, -0.1) is 0 Å². The van der Waals surface area contributed by atoms with Crippen LogP contribution in [0.5, 0.6) is 11.5 Å². The molecule has 3 aromatic carbocycles. The number of methoxy groups -OCH3 is 2. The van der Waals surface area contributed by atoms with E-state index in [4.69, 9.17) is 21.1 Å². The molecule has 0 saturated carbocycles. The van der Waals surface area contributed by atoms with Crippen molar-refractivity contribution in [3.05, 3.63) is 88.4 Å². The second-order valence-electron chi connectivity index (χ2n) is 6.96. The fraction of sp³-hybridized carbons (Fsp3) is 0.125. The minimum atomic E-state index is -1.17. The first-order chi connectivity index (χ1) is 15.5. The number of hydrogen-bond donors (Lipinski definition) is 2. The van der Waals surface area contributed by atoms with Crippen molar-refractivity contribution in [2.24, 2.45) is 4.99 Å². The molecular weight excluding hydrogens is 430 g/mol. The molecule has 8 heteroatoms. The van der Waals surface area contributed by atoms with Gasteiger partial charge in [-0.25, -0.2) is 4.99 Å². The Balaban J connectivity index is 1.74. The topological polar surface area (TPSA) is 89.0 Å².